The normalized spacial score (nSPS) is 26.1. The van der Waals surface area contributed by atoms with E-state index in [0.29, 0.717) is 38.9 Å². The first kappa shape index (κ1) is 14.1. The lowest BCUT2D eigenvalue weighted by molar-refractivity contribution is -0.142. The van der Waals surface area contributed by atoms with Crippen molar-refractivity contribution in [1.82, 2.24) is 9.80 Å². The number of carbonyl (C=O) groups excluding carboxylic acids is 1. The van der Waals surface area contributed by atoms with E-state index >= 15 is 0 Å². The molecule has 0 aliphatic carbocycles. The van der Waals surface area contributed by atoms with Gasteiger partial charge >= 0.3 is 12.0 Å². The Bertz CT molecular complexity index is 340. The predicted octanol–water partition coefficient (Wildman–Crippen LogP) is 0.892. The van der Waals surface area contributed by atoms with Gasteiger partial charge in [0.1, 0.15) is 6.04 Å². The van der Waals surface area contributed by atoms with Crippen molar-refractivity contribution < 1.29 is 19.8 Å². The molecule has 0 aromatic rings. The van der Waals surface area contributed by atoms with Crippen molar-refractivity contribution >= 4 is 12.0 Å². The monoisotopic (exact) mass is 270 g/mol. The van der Waals surface area contributed by atoms with E-state index in [0.717, 1.165) is 19.3 Å². The Labute approximate surface area is 113 Å². The second-order valence-corrected chi connectivity index (χ2v) is 5.40. The molecule has 2 N–H and O–H groups in total. The first-order valence-corrected chi connectivity index (χ1v) is 7.06. The number of nitrogens with zero attached hydrogens (tertiary/aromatic N) is 2. The summed E-state index contributed by atoms with van der Waals surface area (Å²) in [5.41, 5.74) is 0. The fourth-order valence-electron chi connectivity index (χ4n) is 2.83. The van der Waals surface area contributed by atoms with Crippen LogP contribution in [0, 0.1) is 0 Å². The fraction of sp³-hybridized carbons (Fsp3) is 0.846. The van der Waals surface area contributed by atoms with Gasteiger partial charge < -0.3 is 20.0 Å². The molecule has 6 nitrogen and oxygen atoms in total. The summed E-state index contributed by atoms with van der Waals surface area (Å²) in [7, 11) is 0. The molecule has 0 aromatic heterocycles. The molecule has 0 saturated carbocycles. The van der Waals surface area contributed by atoms with Gasteiger partial charge in [0, 0.05) is 19.6 Å². The molecule has 19 heavy (non-hydrogen) atoms. The summed E-state index contributed by atoms with van der Waals surface area (Å²) in [5.74, 6) is -0.910. The van der Waals surface area contributed by atoms with E-state index in [1.807, 2.05) is 0 Å². The molecule has 2 heterocycles. The SMILES string of the molecule is O=C(O)C1CCCCCN1C(=O)N1CCC(O)CC1. The van der Waals surface area contributed by atoms with E-state index in [1.54, 1.807) is 4.90 Å². The van der Waals surface area contributed by atoms with E-state index < -0.39 is 12.0 Å². The molecule has 2 fully saturated rings. The molecule has 2 aliphatic rings. The average Bonchev–Trinajstić information content (AvgIpc) is 2.64. The molecule has 0 bridgehead atoms. The summed E-state index contributed by atoms with van der Waals surface area (Å²) in [6.07, 6.45) is 4.08. The Morgan fingerprint density at radius 3 is 2.26 bits per heavy atom. The van der Waals surface area contributed by atoms with Gasteiger partial charge in [-0.25, -0.2) is 9.59 Å². The number of carboxylic acid groups (broad SMARTS) is 1. The number of piperidine rings is 1. The van der Waals surface area contributed by atoms with Crippen molar-refractivity contribution in [2.75, 3.05) is 19.6 Å². The third-order valence-electron chi connectivity index (χ3n) is 4.02. The zero-order chi connectivity index (χ0) is 13.8. The number of amides is 2. The quantitative estimate of drug-likeness (QED) is 0.741. The summed E-state index contributed by atoms with van der Waals surface area (Å²) in [4.78, 5) is 26.9. The number of aliphatic hydroxyl groups is 1. The van der Waals surface area contributed by atoms with Gasteiger partial charge in [0.15, 0.2) is 0 Å². The van der Waals surface area contributed by atoms with E-state index in [4.69, 9.17) is 0 Å². The zero-order valence-electron chi connectivity index (χ0n) is 11.1. The smallest absolute Gasteiger partial charge is 0.326 e. The second-order valence-electron chi connectivity index (χ2n) is 5.40. The van der Waals surface area contributed by atoms with Gasteiger partial charge in [0.05, 0.1) is 6.10 Å². The van der Waals surface area contributed by atoms with Crippen LogP contribution in [-0.2, 0) is 4.79 Å². The van der Waals surface area contributed by atoms with Crippen LogP contribution in [-0.4, -0.2) is 63.8 Å². The minimum absolute atomic E-state index is 0.179. The molecule has 0 aromatic carbocycles. The standard InChI is InChI=1S/C13H22N2O4/c16-10-5-8-14(9-6-10)13(19)15-7-3-1-2-4-11(15)12(17)18/h10-11,16H,1-9H2,(H,17,18). The maximum absolute atomic E-state index is 12.4. The van der Waals surface area contributed by atoms with Gasteiger partial charge in [0.25, 0.3) is 0 Å². The molecular weight excluding hydrogens is 248 g/mol. The summed E-state index contributed by atoms with van der Waals surface area (Å²) in [6.45, 7) is 1.56. The topological polar surface area (TPSA) is 81.1 Å². The number of carbonyl (C=O) groups is 2. The maximum atomic E-state index is 12.4. The summed E-state index contributed by atoms with van der Waals surface area (Å²) in [6, 6.07) is -0.872. The molecule has 2 saturated heterocycles. The average molecular weight is 270 g/mol. The predicted molar refractivity (Wildman–Crippen MR) is 68.8 cm³/mol. The third kappa shape index (κ3) is 3.37. The van der Waals surface area contributed by atoms with Gasteiger partial charge in [0.2, 0.25) is 0 Å². The van der Waals surface area contributed by atoms with Crippen LogP contribution in [0.25, 0.3) is 0 Å². The molecule has 0 radical (unpaired) electrons. The molecule has 2 aliphatic heterocycles. The number of carboxylic acids is 1. The highest BCUT2D eigenvalue weighted by Crippen LogP contribution is 2.20. The van der Waals surface area contributed by atoms with Crippen molar-refractivity contribution in [3.63, 3.8) is 0 Å². The number of likely N-dealkylation sites (tertiary alicyclic amines) is 2. The van der Waals surface area contributed by atoms with E-state index in [1.165, 1.54) is 4.90 Å². The summed E-state index contributed by atoms with van der Waals surface area (Å²) >= 11 is 0. The first-order valence-electron chi connectivity index (χ1n) is 7.06. The van der Waals surface area contributed by atoms with Crippen LogP contribution < -0.4 is 0 Å². The minimum atomic E-state index is -0.910. The lowest BCUT2D eigenvalue weighted by Crippen LogP contribution is -2.53. The van der Waals surface area contributed by atoms with E-state index in [9.17, 15) is 19.8 Å². The Morgan fingerprint density at radius 1 is 0.947 bits per heavy atom. The van der Waals surface area contributed by atoms with Gasteiger partial charge in [-0.3, -0.25) is 0 Å². The lowest BCUT2D eigenvalue weighted by Gasteiger charge is -2.36. The number of aliphatic carboxylic acids is 1. The molecule has 0 spiro atoms. The highest BCUT2D eigenvalue weighted by atomic mass is 16.4. The van der Waals surface area contributed by atoms with Crippen LogP contribution in [0.2, 0.25) is 0 Å². The van der Waals surface area contributed by atoms with Crippen LogP contribution in [0.4, 0.5) is 4.79 Å². The van der Waals surface area contributed by atoms with Crippen molar-refractivity contribution in [2.45, 2.75) is 50.7 Å². The van der Waals surface area contributed by atoms with Crippen molar-refractivity contribution in [2.24, 2.45) is 0 Å². The molecule has 1 atom stereocenters. The van der Waals surface area contributed by atoms with Gasteiger partial charge in [-0.2, -0.15) is 0 Å². The van der Waals surface area contributed by atoms with Crippen LogP contribution in [0.15, 0.2) is 0 Å². The zero-order valence-corrected chi connectivity index (χ0v) is 11.1. The second kappa shape index (κ2) is 6.23. The number of urea groups is 1. The molecule has 6 heteroatoms. The number of hydrogen-bond acceptors (Lipinski definition) is 3. The summed E-state index contributed by atoms with van der Waals surface area (Å²) < 4.78 is 0. The van der Waals surface area contributed by atoms with Crippen molar-refractivity contribution in [3.8, 4) is 0 Å². The lowest BCUT2D eigenvalue weighted by atomic mass is 10.1. The van der Waals surface area contributed by atoms with Gasteiger partial charge in [-0.1, -0.05) is 12.8 Å². The minimum Gasteiger partial charge on any atom is -0.480 e. The Morgan fingerprint density at radius 2 is 1.63 bits per heavy atom. The molecule has 1 unspecified atom stereocenters. The Kier molecular flexibility index (Phi) is 4.63. The molecule has 2 rings (SSSR count). The van der Waals surface area contributed by atoms with E-state index in [2.05, 4.69) is 0 Å². The highest BCUT2D eigenvalue weighted by Gasteiger charge is 2.34. The fourth-order valence-corrected chi connectivity index (χ4v) is 2.83. The number of rotatable bonds is 1. The van der Waals surface area contributed by atoms with Gasteiger partial charge in [-0.15, -0.1) is 0 Å². The number of hydrogen-bond donors (Lipinski definition) is 2. The Balaban J connectivity index is 2.03. The van der Waals surface area contributed by atoms with Crippen LogP contribution in [0.1, 0.15) is 38.5 Å². The van der Waals surface area contributed by atoms with Crippen molar-refractivity contribution in [1.29, 1.82) is 0 Å². The first-order chi connectivity index (χ1) is 9.09. The highest BCUT2D eigenvalue weighted by molar-refractivity contribution is 5.82. The van der Waals surface area contributed by atoms with Crippen LogP contribution in [0.3, 0.4) is 0 Å². The van der Waals surface area contributed by atoms with Crippen LogP contribution >= 0.6 is 0 Å². The van der Waals surface area contributed by atoms with Crippen molar-refractivity contribution in [3.05, 3.63) is 0 Å². The largest absolute Gasteiger partial charge is 0.480 e. The Hall–Kier alpha value is -1.30. The molecule has 2 amide bonds. The summed E-state index contributed by atoms with van der Waals surface area (Å²) in [5, 5.41) is 18.7. The maximum Gasteiger partial charge on any atom is 0.326 e. The van der Waals surface area contributed by atoms with Gasteiger partial charge in [-0.05, 0) is 25.7 Å². The molecular formula is C13H22N2O4. The third-order valence-corrected chi connectivity index (χ3v) is 4.02. The number of aliphatic hydroxyl groups excluding tert-OH is 1. The van der Waals surface area contributed by atoms with Crippen LogP contribution in [0.5, 0.6) is 0 Å². The molecule has 108 valence electrons. The van der Waals surface area contributed by atoms with E-state index in [-0.39, 0.29) is 12.1 Å².